The molecule has 170 valence electrons. The molecule has 1 fully saturated rings. The van der Waals surface area contributed by atoms with Gasteiger partial charge in [-0.15, -0.1) is 6.58 Å². The Kier molecular flexibility index (Phi) is 7.84. The van der Waals surface area contributed by atoms with Crippen LogP contribution in [0.1, 0.15) is 36.2 Å². The topological polar surface area (TPSA) is 96.3 Å². The second-order valence-corrected chi connectivity index (χ2v) is 8.24. The van der Waals surface area contributed by atoms with Crippen LogP contribution in [0.3, 0.4) is 0 Å². The lowest BCUT2D eigenvalue weighted by atomic mass is 10.1. The van der Waals surface area contributed by atoms with Crippen LogP contribution in [0.15, 0.2) is 71.1 Å². The van der Waals surface area contributed by atoms with Gasteiger partial charge in [-0.1, -0.05) is 37.3 Å². The van der Waals surface area contributed by atoms with Gasteiger partial charge in [-0.25, -0.2) is 9.79 Å². The second-order valence-electron chi connectivity index (χ2n) is 7.23. The van der Waals surface area contributed by atoms with Gasteiger partial charge in [0.15, 0.2) is 17.1 Å². The molecule has 0 saturated carbocycles. The number of hydrogen-bond acceptors (Lipinski definition) is 6. The zero-order chi connectivity index (χ0) is 24.0. The first-order valence-electron chi connectivity index (χ1n) is 10.3. The molecule has 0 aromatic heterocycles. The molecule has 1 aliphatic rings. The molecule has 1 amide bonds. The Bertz CT molecular complexity index is 1150. The number of ketones is 1. The number of Topliss-reactive ketones (excluding diaryl/α,β-unsaturated/α-hetero) is 1. The Morgan fingerprint density at radius 2 is 2.00 bits per heavy atom. The average molecular weight is 465 g/mol. The molecule has 2 aromatic carbocycles. The van der Waals surface area contributed by atoms with E-state index in [0.29, 0.717) is 33.5 Å². The van der Waals surface area contributed by atoms with Gasteiger partial charge in [0.25, 0.3) is 5.91 Å². The fraction of sp³-hybridized carbons (Fsp3) is 0.200. The van der Waals surface area contributed by atoms with E-state index in [1.807, 2.05) is 19.1 Å². The Hall–Kier alpha value is -3.65. The number of carbonyl (C=O) groups excluding carboxylic acids is 2. The van der Waals surface area contributed by atoms with Crippen molar-refractivity contribution in [3.8, 4) is 5.75 Å². The van der Waals surface area contributed by atoms with E-state index in [1.165, 1.54) is 35.7 Å². The number of hydrogen-bond donors (Lipinski definition) is 1. The molecular formula is C25H24N2O5S. The van der Waals surface area contributed by atoms with E-state index >= 15 is 0 Å². The van der Waals surface area contributed by atoms with E-state index in [2.05, 4.69) is 11.6 Å². The SMILES string of the molecule is C=CCN1C(=O)/C(=C/c2ccccc2OC(CC)C(C)=O)SC1=Nc1cccc(C(=O)O)c1. The van der Waals surface area contributed by atoms with Crippen molar-refractivity contribution in [2.75, 3.05) is 6.54 Å². The number of carboxylic acids is 1. The third-order valence-electron chi connectivity index (χ3n) is 4.82. The molecule has 0 radical (unpaired) electrons. The number of aliphatic imine (C=N–C) groups is 1. The van der Waals surface area contributed by atoms with Crippen LogP contribution in [0.5, 0.6) is 5.75 Å². The Morgan fingerprint density at radius 3 is 2.67 bits per heavy atom. The van der Waals surface area contributed by atoms with E-state index in [4.69, 9.17) is 4.74 Å². The third-order valence-corrected chi connectivity index (χ3v) is 5.82. The molecule has 1 atom stereocenters. The minimum absolute atomic E-state index is 0.0681. The first kappa shape index (κ1) is 24.0. The molecule has 33 heavy (non-hydrogen) atoms. The zero-order valence-electron chi connectivity index (χ0n) is 18.4. The summed E-state index contributed by atoms with van der Waals surface area (Å²) in [5.74, 6) is -0.860. The third kappa shape index (κ3) is 5.78. The quantitative estimate of drug-likeness (QED) is 0.418. The fourth-order valence-corrected chi connectivity index (χ4v) is 4.15. The predicted octanol–water partition coefficient (Wildman–Crippen LogP) is 4.92. The number of nitrogens with zero attached hydrogens (tertiary/aromatic N) is 2. The van der Waals surface area contributed by atoms with Gasteiger partial charge < -0.3 is 9.84 Å². The maximum atomic E-state index is 13.1. The molecule has 2 aromatic rings. The van der Waals surface area contributed by atoms with Gasteiger partial charge in [-0.3, -0.25) is 14.5 Å². The average Bonchev–Trinajstić information content (AvgIpc) is 3.07. The number of ether oxygens (including phenoxy) is 1. The second kappa shape index (κ2) is 10.8. The highest BCUT2D eigenvalue weighted by Gasteiger charge is 2.33. The smallest absolute Gasteiger partial charge is 0.335 e. The number of carbonyl (C=O) groups is 3. The van der Waals surface area contributed by atoms with Crippen LogP contribution in [0.4, 0.5) is 5.69 Å². The summed E-state index contributed by atoms with van der Waals surface area (Å²) in [4.78, 5) is 42.6. The molecule has 0 aliphatic carbocycles. The summed E-state index contributed by atoms with van der Waals surface area (Å²) in [6.07, 6.45) is 3.28. The molecule has 7 nitrogen and oxygen atoms in total. The molecule has 8 heteroatoms. The molecular weight excluding hydrogens is 440 g/mol. The number of benzene rings is 2. The summed E-state index contributed by atoms with van der Waals surface area (Å²) in [5, 5.41) is 9.64. The number of para-hydroxylation sites is 1. The summed E-state index contributed by atoms with van der Waals surface area (Å²) in [7, 11) is 0. The number of rotatable bonds is 9. The van der Waals surface area contributed by atoms with Crippen molar-refractivity contribution in [2.24, 2.45) is 4.99 Å². The number of carboxylic acid groups (broad SMARTS) is 1. The molecule has 1 N–H and O–H groups in total. The lowest BCUT2D eigenvalue weighted by Gasteiger charge is -2.16. The van der Waals surface area contributed by atoms with E-state index in [-0.39, 0.29) is 23.8 Å². The number of aromatic carboxylic acids is 1. The van der Waals surface area contributed by atoms with Gasteiger partial charge in [0, 0.05) is 12.1 Å². The van der Waals surface area contributed by atoms with Gasteiger partial charge >= 0.3 is 5.97 Å². The van der Waals surface area contributed by atoms with Crippen LogP contribution in [-0.4, -0.2) is 45.5 Å². The van der Waals surface area contributed by atoms with Crippen LogP contribution in [0.25, 0.3) is 6.08 Å². The molecule has 1 saturated heterocycles. The minimum Gasteiger partial charge on any atom is -0.482 e. The molecule has 1 aliphatic heterocycles. The van der Waals surface area contributed by atoms with Crippen LogP contribution in [-0.2, 0) is 9.59 Å². The van der Waals surface area contributed by atoms with Gasteiger partial charge in [0.1, 0.15) is 5.75 Å². The van der Waals surface area contributed by atoms with Crippen molar-refractivity contribution in [3.05, 3.63) is 77.2 Å². The monoisotopic (exact) mass is 464 g/mol. The summed E-state index contributed by atoms with van der Waals surface area (Å²) < 4.78 is 5.90. The molecule has 1 unspecified atom stereocenters. The van der Waals surface area contributed by atoms with E-state index in [9.17, 15) is 19.5 Å². The van der Waals surface area contributed by atoms with Gasteiger partial charge in [-0.05, 0) is 55.4 Å². The molecule has 3 rings (SSSR count). The number of amidine groups is 1. The summed E-state index contributed by atoms with van der Waals surface area (Å²) >= 11 is 1.18. The first-order valence-corrected chi connectivity index (χ1v) is 11.2. The van der Waals surface area contributed by atoms with E-state index in [0.717, 1.165) is 0 Å². The molecule has 1 heterocycles. The normalized spacial score (nSPS) is 16.8. The van der Waals surface area contributed by atoms with Gasteiger partial charge in [0.2, 0.25) is 0 Å². The van der Waals surface area contributed by atoms with Crippen molar-refractivity contribution >= 4 is 46.4 Å². The van der Waals surface area contributed by atoms with Gasteiger partial charge in [0.05, 0.1) is 16.2 Å². The first-order chi connectivity index (χ1) is 15.8. The highest BCUT2D eigenvalue weighted by atomic mass is 32.2. The minimum atomic E-state index is -1.05. The standard InChI is InChI=1S/C25H24N2O5S/c1-4-13-27-23(29)22(33-25(27)26-19-11-8-10-18(14-19)24(30)31)15-17-9-6-7-12-21(17)32-20(5-2)16(3)28/h4,6-12,14-15,20H,1,5,13H2,2-3H3,(H,30,31)/b22-15-,26-25?. The predicted molar refractivity (Wildman–Crippen MR) is 130 cm³/mol. The molecule has 0 spiro atoms. The van der Waals surface area contributed by atoms with Crippen molar-refractivity contribution in [2.45, 2.75) is 26.4 Å². The highest BCUT2D eigenvalue weighted by molar-refractivity contribution is 8.18. The molecule has 0 bridgehead atoms. The zero-order valence-corrected chi connectivity index (χ0v) is 19.2. The largest absolute Gasteiger partial charge is 0.482 e. The van der Waals surface area contributed by atoms with Crippen LogP contribution >= 0.6 is 11.8 Å². The van der Waals surface area contributed by atoms with Crippen LogP contribution in [0.2, 0.25) is 0 Å². The summed E-state index contributed by atoms with van der Waals surface area (Å²) in [6, 6.07) is 13.4. The van der Waals surface area contributed by atoms with Gasteiger partial charge in [-0.2, -0.15) is 0 Å². The maximum Gasteiger partial charge on any atom is 0.335 e. The Balaban J connectivity index is 1.96. The fourth-order valence-electron chi connectivity index (χ4n) is 3.16. The lowest BCUT2D eigenvalue weighted by Crippen LogP contribution is -2.29. The van der Waals surface area contributed by atoms with Crippen LogP contribution < -0.4 is 4.74 Å². The van der Waals surface area contributed by atoms with Crippen molar-refractivity contribution < 1.29 is 24.2 Å². The number of amides is 1. The Labute approximate surface area is 196 Å². The highest BCUT2D eigenvalue weighted by Crippen LogP contribution is 2.36. The number of thioether (sulfide) groups is 1. The summed E-state index contributed by atoms with van der Waals surface area (Å²) in [5.41, 5.74) is 1.21. The summed E-state index contributed by atoms with van der Waals surface area (Å²) in [6.45, 7) is 7.32. The van der Waals surface area contributed by atoms with Crippen LogP contribution in [0, 0.1) is 0 Å². The van der Waals surface area contributed by atoms with E-state index < -0.39 is 12.1 Å². The van der Waals surface area contributed by atoms with Crippen molar-refractivity contribution in [3.63, 3.8) is 0 Å². The maximum absolute atomic E-state index is 13.1. The van der Waals surface area contributed by atoms with E-state index in [1.54, 1.807) is 36.4 Å². The lowest BCUT2D eigenvalue weighted by molar-refractivity contribution is -0.124. The van der Waals surface area contributed by atoms with Crippen molar-refractivity contribution in [1.82, 2.24) is 4.90 Å². The Morgan fingerprint density at radius 1 is 1.24 bits per heavy atom. The van der Waals surface area contributed by atoms with Crippen molar-refractivity contribution in [1.29, 1.82) is 0 Å².